The van der Waals surface area contributed by atoms with E-state index >= 15 is 0 Å². The standard InChI is InChI=1S/C16H26N2O2/c1-14(18-12-7-3-5-9-16(18)20)10-13-17-11-6-2-4-8-15(17)19/h10,13-14H,2-9,11-12H2,1H3/b13-10+. The van der Waals surface area contributed by atoms with Crippen LogP contribution in [0.5, 0.6) is 0 Å². The van der Waals surface area contributed by atoms with Crippen LogP contribution in [0.15, 0.2) is 12.3 Å². The van der Waals surface area contributed by atoms with Crippen molar-refractivity contribution in [2.45, 2.75) is 64.3 Å². The van der Waals surface area contributed by atoms with E-state index in [0.29, 0.717) is 12.8 Å². The van der Waals surface area contributed by atoms with Gasteiger partial charge in [0.15, 0.2) is 0 Å². The van der Waals surface area contributed by atoms with Crippen molar-refractivity contribution in [2.75, 3.05) is 13.1 Å². The Balaban J connectivity index is 1.94. The van der Waals surface area contributed by atoms with Crippen LogP contribution in [-0.4, -0.2) is 40.7 Å². The molecule has 2 aliphatic heterocycles. The van der Waals surface area contributed by atoms with Gasteiger partial charge in [0, 0.05) is 38.2 Å². The average molecular weight is 278 g/mol. The van der Waals surface area contributed by atoms with Gasteiger partial charge in [0.25, 0.3) is 0 Å². The zero-order chi connectivity index (χ0) is 14.4. The highest BCUT2D eigenvalue weighted by Gasteiger charge is 2.21. The number of rotatable bonds is 3. The Morgan fingerprint density at radius 1 is 0.900 bits per heavy atom. The largest absolute Gasteiger partial charge is 0.336 e. The zero-order valence-electron chi connectivity index (χ0n) is 12.5. The summed E-state index contributed by atoms with van der Waals surface area (Å²) in [6.07, 6.45) is 11.7. The smallest absolute Gasteiger partial charge is 0.226 e. The molecule has 112 valence electrons. The number of likely N-dealkylation sites (tertiary alicyclic amines) is 2. The molecule has 0 aromatic rings. The van der Waals surface area contributed by atoms with Crippen molar-refractivity contribution in [1.82, 2.24) is 9.80 Å². The van der Waals surface area contributed by atoms with E-state index in [1.807, 2.05) is 29.0 Å². The van der Waals surface area contributed by atoms with Crippen LogP contribution in [0.1, 0.15) is 58.3 Å². The fourth-order valence-electron chi connectivity index (χ4n) is 2.93. The molecule has 2 amide bonds. The van der Waals surface area contributed by atoms with E-state index in [9.17, 15) is 9.59 Å². The molecule has 1 atom stereocenters. The highest BCUT2D eigenvalue weighted by molar-refractivity contribution is 5.78. The third-order valence-electron chi connectivity index (χ3n) is 4.26. The number of hydrogen-bond acceptors (Lipinski definition) is 2. The highest BCUT2D eigenvalue weighted by Crippen LogP contribution is 2.16. The SMILES string of the molecule is CC(/C=C/N1CCCCCC1=O)N1CCCCCC1=O. The summed E-state index contributed by atoms with van der Waals surface area (Å²) in [7, 11) is 0. The topological polar surface area (TPSA) is 40.6 Å². The lowest BCUT2D eigenvalue weighted by Crippen LogP contribution is -2.37. The minimum atomic E-state index is 0.0802. The van der Waals surface area contributed by atoms with Crippen LogP contribution in [0.25, 0.3) is 0 Å². The van der Waals surface area contributed by atoms with Crippen LogP contribution in [0.2, 0.25) is 0 Å². The molecule has 0 saturated carbocycles. The maximum absolute atomic E-state index is 12.0. The number of carbonyl (C=O) groups excluding carboxylic acids is 2. The van der Waals surface area contributed by atoms with Crippen molar-refractivity contribution in [3.8, 4) is 0 Å². The Morgan fingerprint density at radius 2 is 1.55 bits per heavy atom. The second-order valence-electron chi connectivity index (χ2n) is 5.88. The number of carbonyl (C=O) groups is 2. The van der Waals surface area contributed by atoms with Crippen molar-refractivity contribution in [3.63, 3.8) is 0 Å². The maximum atomic E-state index is 12.0. The second kappa shape index (κ2) is 7.46. The summed E-state index contributed by atoms with van der Waals surface area (Å²) in [6.45, 7) is 3.70. The van der Waals surface area contributed by atoms with Crippen LogP contribution in [0, 0.1) is 0 Å². The first-order valence-electron chi connectivity index (χ1n) is 7.96. The molecule has 0 aliphatic carbocycles. The van der Waals surface area contributed by atoms with E-state index in [0.717, 1.165) is 51.6 Å². The number of amides is 2. The van der Waals surface area contributed by atoms with Crippen molar-refractivity contribution < 1.29 is 9.59 Å². The van der Waals surface area contributed by atoms with Gasteiger partial charge in [-0.05, 0) is 38.7 Å². The van der Waals surface area contributed by atoms with Crippen molar-refractivity contribution >= 4 is 11.8 Å². The summed E-state index contributed by atoms with van der Waals surface area (Å²) in [5.41, 5.74) is 0. The lowest BCUT2D eigenvalue weighted by atomic mass is 10.2. The molecular formula is C16H26N2O2. The molecule has 1 unspecified atom stereocenters. The lowest BCUT2D eigenvalue weighted by Gasteiger charge is -2.26. The van der Waals surface area contributed by atoms with Crippen molar-refractivity contribution in [2.24, 2.45) is 0 Å². The average Bonchev–Trinajstić information content (AvgIpc) is 2.77. The first-order valence-corrected chi connectivity index (χ1v) is 7.96. The fourth-order valence-corrected chi connectivity index (χ4v) is 2.93. The van der Waals surface area contributed by atoms with Gasteiger partial charge in [0.1, 0.15) is 0 Å². The van der Waals surface area contributed by atoms with Gasteiger partial charge in [-0.25, -0.2) is 0 Å². The van der Waals surface area contributed by atoms with E-state index in [-0.39, 0.29) is 17.9 Å². The first kappa shape index (κ1) is 15.1. The molecule has 2 fully saturated rings. The molecule has 0 spiro atoms. The molecule has 0 bridgehead atoms. The van der Waals surface area contributed by atoms with Crippen molar-refractivity contribution in [1.29, 1.82) is 0 Å². The molecule has 20 heavy (non-hydrogen) atoms. The first-order chi connectivity index (χ1) is 9.68. The van der Waals surface area contributed by atoms with Crippen LogP contribution in [0.3, 0.4) is 0 Å². The summed E-state index contributed by atoms with van der Waals surface area (Å²) in [4.78, 5) is 27.7. The minimum Gasteiger partial charge on any atom is -0.336 e. The van der Waals surface area contributed by atoms with Crippen LogP contribution in [-0.2, 0) is 9.59 Å². The van der Waals surface area contributed by atoms with E-state index in [1.54, 1.807) is 0 Å². The molecule has 4 nitrogen and oxygen atoms in total. The van der Waals surface area contributed by atoms with Crippen molar-refractivity contribution in [3.05, 3.63) is 12.3 Å². The zero-order valence-corrected chi connectivity index (χ0v) is 12.5. The molecule has 4 heteroatoms. The summed E-state index contributed by atoms with van der Waals surface area (Å²) in [5, 5.41) is 0. The Kier molecular flexibility index (Phi) is 5.62. The van der Waals surface area contributed by atoms with Gasteiger partial charge in [0.05, 0.1) is 0 Å². The number of hydrogen-bond donors (Lipinski definition) is 0. The van der Waals surface area contributed by atoms with Gasteiger partial charge < -0.3 is 9.80 Å². The molecule has 0 aromatic heterocycles. The Bertz CT molecular complexity index is 379. The molecule has 0 N–H and O–H groups in total. The van der Waals surface area contributed by atoms with E-state index in [2.05, 4.69) is 0 Å². The third kappa shape index (κ3) is 4.09. The number of nitrogens with zero attached hydrogens (tertiary/aromatic N) is 2. The molecule has 0 aromatic carbocycles. The molecule has 2 rings (SSSR count). The van der Waals surface area contributed by atoms with Gasteiger partial charge in [-0.3, -0.25) is 9.59 Å². The van der Waals surface area contributed by atoms with Crippen LogP contribution >= 0.6 is 0 Å². The van der Waals surface area contributed by atoms with Crippen LogP contribution < -0.4 is 0 Å². The van der Waals surface area contributed by atoms with Gasteiger partial charge in [-0.15, -0.1) is 0 Å². The van der Waals surface area contributed by atoms with Gasteiger partial charge in [0.2, 0.25) is 11.8 Å². The Labute approximate surface area is 121 Å². The quantitative estimate of drug-likeness (QED) is 0.796. The normalized spacial score (nSPS) is 23.9. The second-order valence-corrected chi connectivity index (χ2v) is 5.88. The lowest BCUT2D eigenvalue weighted by molar-refractivity contribution is -0.131. The van der Waals surface area contributed by atoms with E-state index < -0.39 is 0 Å². The maximum Gasteiger partial charge on any atom is 0.226 e. The molecular weight excluding hydrogens is 252 g/mol. The summed E-state index contributed by atoms with van der Waals surface area (Å²) >= 11 is 0. The highest BCUT2D eigenvalue weighted by atomic mass is 16.2. The Morgan fingerprint density at radius 3 is 2.30 bits per heavy atom. The summed E-state index contributed by atoms with van der Waals surface area (Å²) < 4.78 is 0. The van der Waals surface area contributed by atoms with Crippen LogP contribution in [0.4, 0.5) is 0 Å². The minimum absolute atomic E-state index is 0.0802. The molecule has 2 heterocycles. The Hall–Kier alpha value is -1.32. The molecule has 2 saturated heterocycles. The monoisotopic (exact) mass is 278 g/mol. The predicted molar refractivity (Wildman–Crippen MR) is 79.0 cm³/mol. The predicted octanol–water partition coefficient (Wildman–Crippen LogP) is 2.69. The summed E-state index contributed by atoms with van der Waals surface area (Å²) in [5.74, 6) is 0.468. The van der Waals surface area contributed by atoms with Gasteiger partial charge in [-0.1, -0.05) is 12.8 Å². The molecule has 0 radical (unpaired) electrons. The third-order valence-corrected chi connectivity index (χ3v) is 4.26. The van der Waals surface area contributed by atoms with Gasteiger partial charge >= 0.3 is 0 Å². The van der Waals surface area contributed by atoms with E-state index in [4.69, 9.17) is 0 Å². The fraction of sp³-hybridized carbons (Fsp3) is 0.750. The summed E-state index contributed by atoms with van der Waals surface area (Å²) in [6, 6.07) is 0.0802. The molecule has 2 aliphatic rings. The van der Waals surface area contributed by atoms with E-state index in [1.165, 1.54) is 0 Å². The van der Waals surface area contributed by atoms with Gasteiger partial charge in [-0.2, -0.15) is 0 Å².